The first-order valence-corrected chi connectivity index (χ1v) is 13.6. The number of hydrogen-bond acceptors (Lipinski definition) is 12. The van der Waals surface area contributed by atoms with Crippen LogP contribution in [0.2, 0.25) is 0 Å². The number of morpholine rings is 1. The number of nitrogens with zero attached hydrogens (tertiary/aromatic N) is 5. The number of thiol groups is 1. The first-order chi connectivity index (χ1) is 19.0. The van der Waals surface area contributed by atoms with Crippen LogP contribution in [0.5, 0.6) is 5.88 Å². The van der Waals surface area contributed by atoms with Crippen molar-refractivity contribution in [2.45, 2.75) is 19.2 Å². The highest BCUT2D eigenvalue weighted by atomic mass is 32.2. The van der Waals surface area contributed by atoms with E-state index in [-0.39, 0.29) is 6.54 Å². The summed E-state index contributed by atoms with van der Waals surface area (Å²) in [7, 11) is -1.29. The number of β-amino-alcohol motifs (C(OH)–C–C–N with tert-alkyl or cyclic N) is 1. The van der Waals surface area contributed by atoms with E-state index in [1.807, 2.05) is 18.2 Å². The minimum atomic E-state index is -2.77. The molecule has 4 N–H and O–H groups in total. The standard InChI is InChI=1S/C24H30N8O6S/c1-36-23-17(10-28-39(34)35)6-16(9-26-23)15-7-19(20-12-27-29-21(20)8-15)24-31-30-22(38-24)13-25-11-18(33)14-32-2-4-37-5-3-32/h6-9,12,18,25,33,39H,2-5,10-11,13-14H2,1H3,(H,27,29)(H,28,34,35). The third kappa shape index (κ3) is 6.76. The van der Waals surface area contributed by atoms with Crippen LogP contribution in [0.1, 0.15) is 11.5 Å². The van der Waals surface area contributed by atoms with Crippen LogP contribution in [-0.4, -0.2) is 96.4 Å². The van der Waals surface area contributed by atoms with Gasteiger partial charge in [0.25, 0.3) is 0 Å². The molecule has 0 aliphatic carbocycles. The number of pyridine rings is 1. The summed E-state index contributed by atoms with van der Waals surface area (Å²) in [5, 5.41) is 29.8. The van der Waals surface area contributed by atoms with Gasteiger partial charge < -0.3 is 24.3 Å². The quantitative estimate of drug-likeness (QED) is 0.148. The first kappa shape index (κ1) is 27.1. The maximum atomic E-state index is 11.0. The van der Waals surface area contributed by atoms with E-state index in [9.17, 15) is 13.5 Å². The van der Waals surface area contributed by atoms with Gasteiger partial charge in [0.05, 0.1) is 50.2 Å². The van der Waals surface area contributed by atoms with Crippen LogP contribution < -0.4 is 14.8 Å². The third-order valence-electron chi connectivity index (χ3n) is 6.34. The Kier molecular flexibility index (Phi) is 8.75. The summed E-state index contributed by atoms with van der Waals surface area (Å²) in [6, 6.07) is 5.61. The Hall–Kier alpha value is -3.47. The Balaban J connectivity index is 1.32. The number of H-pyrrole nitrogens is 1. The largest absolute Gasteiger partial charge is 0.481 e. The number of rotatable bonds is 12. The lowest BCUT2D eigenvalue weighted by Crippen LogP contribution is -2.43. The van der Waals surface area contributed by atoms with Crippen molar-refractivity contribution in [2.75, 3.05) is 46.5 Å². The minimum Gasteiger partial charge on any atom is -0.481 e. The van der Waals surface area contributed by atoms with Crippen LogP contribution in [0.25, 0.3) is 33.5 Å². The van der Waals surface area contributed by atoms with Gasteiger partial charge in [-0.3, -0.25) is 10.00 Å². The lowest BCUT2D eigenvalue weighted by Gasteiger charge is -2.28. The molecule has 0 spiro atoms. The van der Waals surface area contributed by atoms with Crippen molar-refractivity contribution in [3.8, 4) is 28.5 Å². The summed E-state index contributed by atoms with van der Waals surface area (Å²) in [5.74, 6) is 1.03. The molecule has 1 unspecified atom stereocenters. The van der Waals surface area contributed by atoms with Gasteiger partial charge in [-0.2, -0.15) is 5.10 Å². The molecule has 14 nitrogen and oxygen atoms in total. The van der Waals surface area contributed by atoms with Crippen molar-refractivity contribution in [1.82, 2.24) is 40.3 Å². The van der Waals surface area contributed by atoms with E-state index in [4.69, 9.17) is 13.9 Å². The third-order valence-corrected chi connectivity index (χ3v) is 6.75. The highest BCUT2D eigenvalue weighted by Gasteiger charge is 2.18. The summed E-state index contributed by atoms with van der Waals surface area (Å²) in [5.41, 5.74) is 3.54. The highest BCUT2D eigenvalue weighted by Crippen LogP contribution is 2.33. The molecular formula is C24H30N8O6S. The molecule has 0 saturated carbocycles. The second kappa shape index (κ2) is 12.6. The van der Waals surface area contributed by atoms with Gasteiger partial charge in [0.2, 0.25) is 28.6 Å². The average molecular weight is 559 g/mol. The van der Waals surface area contributed by atoms with Gasteiger partial charge in [0, 0.05) is 55.4 Å². The highest BCUT2D eigenvalue weighted by molar-refractivity contribution is 7.70. The fraction of sp³-hybridized carbons (Fsp3) is 0.417. The number of fused-ring (bicyclic) bond motifs is 1. The zero-order chi connectivity index (χ0) is 27.2. The number of aromatic amines is 1. The van der Waals surface area contributed by atoms with Crippen molar-refractivity contribution in [3.63, 3.8) is 0 Å². The van der Waals surface area contributed by atoms with Crippen molar-refractivity contribution < 1.29 is 27.4 Å². The lowest BCUT2D eigenvalue weighted by molar-refractivity contribution is 0.0148. The summed E-state index contributed by atoms with van der Waals surface area (Å²) in [4.78, 5) is 6.51. The number of methoxy groups -OCH3 is 1. The molecular weight excluding hydrogens is 528 g/mol. The van der Waals surface area contributed by atoms with Crippen LogP contribution in [0.15, 0.2) is 35.0 Å². The van der Waals surface area contributed by atoms with Gasteiger partial charge in [-0.15, -0.1) is 10.2 Å². The van der Waals surface area contributed by atoms with Crippen LogP contribution in [0, 0.1) is 0 Å². The number of benzene rings is 1. The van der Waals surface area contributed by atoms with Crippen LogP contribution in [0.3, 0.4) is 0 Å². The number of ether oxygens (including phenoxy) is 2. The molecule has 1 saturated heterocycles. The van der Waals surface area contributed by atoms with Gasteiger partial charge in [-0.1, -0.05) is 0 Å². The zero-order valence-electron chi connectivity index (χ0n) is 21.3. The van der Waals surface area contributed by atoms with Crippen molar-refractivity contribution >= 4 is 21.8 Å². The maximum absolute atomic E-state index is 11.0. The van der Waals surface area contributed by atoms with E-state index in [1.165, 1.54) is 7.11 Å². The lowest BCUT2D eigenvalue weighted by atomic mass is 10.0. The summed E-state index contributed by atoms with van der Waals surface area (Å²) >= 11 is 0. The van der Waals surface area contributed by atoms with Crippen LogP contribution >= 0.6 is 0 Å². The Morgan fingerprint density at radius 1 is 1.15 bits per heavy atom. The van der Waals surface area contributed by atoms with Crippen molar-refractivity contribution in [2.24, 2.45) is 0 Å². The molecule has 208 valence electrons. The first-order valence-electron chi connectivity index (χ1n) is 12.4. The molecule has 4 aromatic rings. The predicted molar refractivity (Wildman–Crippen MR) is 141 cm³/mol. The Morgan fingerprint density at radius 2 is 2.00 bits per heavy atom. The fourth-order valence-electron chi connectivity index (χ4n) is 4.44. The van der Waals surface area contributed by atoms with E-state index in [2.05, 4.69) is 40.3 Å². The minimum absolute atomic E-state index is 0.0447. The predicted octanol–water partition coefficient (Wildman–Crippen LogP) is 0.0822. The van der Waals surface area contributed by atoms with E-state index >= 15 is 0 Å². The summed E-state index contributed by atoms with van der Waals surface area (Å²) in [6.07, 6.45) is 2.80. The molecule has 0 bridgehead atoms. The number of nitrogens with one attached hydrogen (secondary N) is 3. The molecule has 1 atom stereocenters. The van der Waals surface area contributed by atoms with Gasteiger partial charge in [-0.25, -0.2) is 18.1 Å². The molecule has 15 heteroatoms. The van der Waals surface area contributed by atoms with Crippen LogP contribution in [-0.2, 0) is 28.7 Å². The van der Waals surface area contributed by atoms with E-state index in [0.717, 1.165) is 35.1 Å². The molecule has 39 heavy (non-hydrogen) atoms. The van der Waals surface area contributed by atoms with Gasteiger partial charge >= 0.3 is 0 Å². The second-order valence-electron chi connectivity index (χ2n) is 9.04. The molecule has 1 aromatic carbocycles. The number of aromatic nitrogens is 5. The second-order valence-corrected chi connectivity index (χ2v) is 9.87. The van der Waals surface area contributed by atoms with Gasteiger partial charge in [0.1, 0.15) is 0 Å². The number of aliphatic hydroxyl groups is 1. The fourth-order valence-corrected chi connectivity index (χ4v) is 4.74. The van der Waals surface area contributed by atoms with Crippen molar-refractivity contribution in [1.29, 1.82) is 0 Å². The van der Waals surface area contributed by atoms with E-state index in [0.29, 0.717) is 61.6 Å². The molecule has 5 rings (SSSR count). The molecule has 0 radical (unpaired) electrons. The topological polar surface area (TPSA) is 181 Å². The summed E-state index contributed by atoms with van der Waals surface area (Å²) in [6.45, 7) is 4.32. The molecule has 1 aliphatic rings. The number of hydrogen-bond donors (Lipinski definition) is 5. The molecule has 3 aromatic heterocycles. The SMILES string of the molecule is COc1ncc(-c2cc(-c3nnc(CNCC(O)CN4CCOCC4)o3)c3cn[nH]c3c2)cc1CN[SH](=O)=O. The average Bonchev–Trinajstić information content (AvgIpc) is 3.61. The maximum Gasteiger partial charge on any atom is 0.248 e. The molecule has 1 aliphatic heterocycles. The zero-order valence-corrected chi connectivity index (χ0v) is 22.2. The van der Waals surface area contributed by atoms with E-state index in [1.54, 1.807) is 12.4 Å². The number of aliphatic hydroxyl groups excluding tert-OH is 1. The van der Waals surface area contributed by atoms with Gasteiger partial charge in [-0.05, 0) is 23.8 Å². The molecule has 4 heterocycles. The summed E-state index contributed by atoms with van der Waals surface area (Å²) < 4.78 is 41.0. The smallest absolute Gasteiger partial charge is 0.248 e. The van der Waals surface area contributed by atoms with Gasteiger partial charge in [0.15, 0.2) is 0 Å². The normalized spacial score (nSPS) is 15.3. The Morgan fingerprint density at radius 3 is 2.79 bits per heavy atom. The van der Waals surface area contributed by atoms with E-state index < -0.39 is 17.0 Å². The molecule has 1 fully saturated rings. The van der Waals surface area contributed by atoms with Crippen LogP contribution in [0.4, 0.5) is 0 Å². The van der Waals surface area contributed by atoms with Crippen molar-refractivity contribution in [3.05, 3.63) is 42.0 Å². The monoisotopic (exact) mass is 558 g/mol. The molecule has 0 amide bonds. The Bertz CT molecular complexity index is 1470. The Labute approximate surface area is 225 Å².